The zero-order valence-corrected chi connectivity index (χ0v) is 13.3. The highest BCUT2D eigenvalue weighted by atomic mass is 35.5. The topological polar surface area (TPSA) is 91.3 Å². The highest BCUT2D eigenvalue weighted by molar-refractivity contribution is 6.31. The third-order valence-corrected chi connectivity index (χ3v) is 3.55. The first kappa shape index (κ1) is 17.7. The van der Waals surface area contributed by atoms with Gasteiger partial charge in [-0.1, -0.05) is 11.6 Å². The van der Waals surface area contributed by atoms with E-state index in [1.807, 2.05) is 0 Å². The molecule has 1 heterocycles. The molecule has 0 bridgehead atoms. The van der Waals surface area contributed by atoms with Gasteiger partial charge in [0.25, 0.3) is 0 Å². The highest BCUT2D eigenvalue weighted by Gasteiger charge is 2.36. The normalized spacial score (nSPS) is 11.4. The van der Waals surface area contributed by atoms with Gasteiger partial charge in [0, 0.05) is 17.7 Å². The van der Waals surface area contributed by atoms with Crippen LogP contribution in [0.25, 0.3) is 11.5 Å². The quantitative estimate of drug-likeness (QED) is 0.458. The molecule has 0 amide bonds. The van der Waals surface area contributed by atoms with Crippen molar-refractivity contribution in [2.75, 3.05) is 0 Å². The van der Waals surface area contributed by atoms with E-state index in [1.54, 1.807) is 12.1 Å². The number of rotatable bonds is 4. The van der Waals surface area contributed by atoms with Crippen LogP contribution >= 0.6 is 11.6 Å². The fourth-order valence-electron chi connectivity index (χ4n) is 2.08. The van der Waals surface area contributed by atoms with E-state index >= 15 is 0 Å². The zero-order chi connectivity index (χ0) is 18.9. The molecular formula is C15H7ClF3N3O4. The van der Waals surface area contributed by atoms with E-state index in [-0.39, 0.29) is 11.6 Å². The maximum absolute atomic E-state index is 12.9. The van der Waals surface area contributed by atoms with Gasteiger partial charge in [-0.05, 0) is 24.3 Å². The lowest BCUT2D eigenvalue weighted by molar-refractivity contribution is -0.385. The summed E-state index contributed by atoms with van der Waals surface area (Å²) in [5, 5.41) is 17.6. The maximum Gasteiger partial charge on any atom is 0.418 e. The van der Waals surface area contributed by atoms with Crippen LogP contribution in [-0.4, -0.2) is 15.1 Å². The molecule has 0 fully saturated rings. The Hall–Kier alpha value is -3.14. The van der Waals surface area contributed by atoms with Crippen molar-refractivity contribution in [2.24, 2.45) is 0 Å². The van der Waals surface area contributed by atoms with Crippen LogP contribution in [-0.2, 0) is 6.18 Å². The van der Waals surface area contributed by atoms with Gasteiger partial charge in [0.1, 0.15) is 5.75 Å². The Labute approximate surface area is 148 Å². The number of alkyl halides is 3. The number of halogens is 4. The van der Waals surface area contributed by atoms with E-state index < -0.39 is 33.1 Å². The molecule has 134 valence electrons. The van der Waals surface area contributed by atoms with E-state index in [4.69, 9.17) is 20.8 Å². The van der Waals surface area contributed by atoms with Crippen LogP contribution in [0.1, 0.15) is 5.56 Å². The fourth-order valence-corrected chi connectivity index (χ4v) is 2.34. The average Bonchev–Trinajstić information content (AvgIpc) is 3.08. The molecule has 0 radical (unpaired) electrons. The van der Waals surface area contributed by atoms with Crippen molar-refractivity contribution in [1.82, 2.24) is 10.2 Å². The van der Waals surface area contributed by atoms with Crippen LogP contribution in [0.15, 0.2) is 47.2 Å². The van der Waals surface area contributed by atoms with Gasteiger partial charge >= 0.3 is 11.9 Å². The molecule has 26 heavy (non-hydrogen) atoms. The SMILES string of the molecule is O=[N+]([O-])c1cc(C(F)(F)F)c(Cl)cc1Oc1ccc(-c2nnco2)cc1. The molecule has 0 N–H and O–H groups in total. The zero-order valence-electron chi connectivity index (χ0n) is 12.5. The lowest BCUT2D eigenvalue weighted by Crippen LogP contribution is -2.07. The minimum Gasteiger partial charge on any atom is -0.450 e. The number of nitrogens with zero attached hydrogens (tertiary/aromatic N) is 3. The molecule has 0 saturated heterocycles. The molecule has 2 aromatic carbocycles. The number of nitro benzene ring substituents is 1. The molecule has 0 aliphatic heterocycles. The summed E-state index contributed by atoms with van der Waals surface area (Å²) in [6.07, 6.45) is -3.68. The minimum absolute atomic E-state index is 0.146. The number of nitro groups is 1. The van der Waals surface area contributed by atoms with Crippen LogP contribution in [0.2, 0.25) is 5.02 Å². The van der Waals surface area contributed by atoms with Gasteiger partial charge in [-0.25, -0.2) is 0 Å². The van der Waals surface area contributed by atoms with Gasteiger partial charge in [-0.3, -0.25) is 10.1 Å². The highest BCUT2D eigenvalue weighted by Crippen LogP contribution is 2.42. The standard InChI is InChI=1S/C15H7ClF3N3O4/c16-11-6-13(12(22(23)24)5-10(11)15(17,18)19)26-9-3-1-8(2-4-9)14-21-20-7-25-14/h1-7H. The van der Waals surface area contributed by atoms with Gasteiger partial charge in [0.15, 0.2) is 0 Å². The molecule has 0 unspecified atom stereocenters. The number of benzene rings is 2. The summed E-state index contributed by atoms with van der Waals surface area (Å²) in [7, 11) is 0. The number of ether oxygens (including phenoxy) is 1. The molecule has 11 heteroatoms. The second kappa shape index (κ2) is 6.64. The lowest BCUT2D eigenvalue weighted by atomic mass is 10.1. The van der Waals surface area contributed by atoms with E-state index in [9.17, 15) is 23.3 Å². The largest absolute Gasteiger partial charge is 0.450 e. The van der Waals surface area contributed by atoms with Crippen molar-refractivity contribution >= 4 is 17.3 Å². The first-order valence-electron chi connectivity index (χ1n) is 6.85. The molecule has 0 atom stereocenters. The monoisotopic (exact) mass is 385 g/mol. The third-order valence-electron chi connectivity index (χ3n) is 3.24. The predicted octanol–water partition coefficient (Wildman–Crippen LogP) is 5.11. The second-order valence-electron chi connectivity index (χ2n) is 4.92. The first-order chi connectivity index (χ1) is 12.3. The lowest BCUT2D eigenvalue weighted by Gasteiger charge is -2.12. The summed E-state index contributed by atoms with van der Waals surface area (Å²) in [6, 6.07) is 7.06. The Balaban J connectivity index is 1.94. The Bertz CT molecular complexity index is 944. The molecule has 7 nitrogen and oxygen atoms in total. The summed E-state index contributed by atoms with van der Waals surface area (Å²) in [5.41, 5.74) is -1.61. The number of aromatic nitrogens is 2. The van der Waals surface area contributed by atoms with E-state index in [1.165, 1.54) is 12.1 Å². The van der Waals surface area contributed by atoms with E-state index in [0.717, 1.165) is 12.5 Å². The van der Waals surface area contributed by atoms with Crippen molar-refractivity contribution in [3.8, 4) is 23.0 Å². The maximum atomic E-state index is 12.9. The fraction of sp³-hybridized carbons (Fsp3) is 0.0667. The Kier molecular flexibility index (Phi) is 4.51. The smallest absolute Gasteiger partial charge is 0.418 e. The summed E-state index contributed by atoms with van der Waals surface area (Å²) in [5.74, 6) is -0.0224. The molecule has 0 aliphatic rings. The Morgan fingerprint density at radius 1 is 1.19 bits per heavy atom. The van der Waals surface area contributed by atoms with Crippen molar-refractivity contribution in [1.29, 1.82) is 0 Å². The van der Waals surface area contributed by atoms with Crippen LogP contribution in [0.3, 0.4) is 0 Å². The van der Waals surface area contributed by atoms with Crippen LogP contribution in [0, 0.1) is 10.1 Å². The van der Waals surface area contributed by atoms with Crippen LogP contribution in [0.5, 0.6) is 11.5 Å². The third kappa shape index (κ3) is 3.59. The summed E-state index contributed by atoms with van der Waals surface area (Å²) in [6.45, 7) is 0. The molecule has 3 rings (SSSR count). The number of hydrogen-bond donors (Lipinski definition) is 0. The summed E-state index contributed by atoms with van der Waals surface area (Å²) < 4.78 is 48.9. The van der Waals surface area contributed by atoms with Gasteiger partial charge in [0.05, 0.1) is 15.5 Å². The second-order valence-corrected chi connectivity index (χ2v) is 5.33. The van der Waals surface area contributed by atoms with Gasteiger partial charge in [-0.2, -0.15) is 13.2 Å². The molecule has 1 aromatic heterocycles. The van der Waals surface area contributed by atoms with E-state index in [2.05, 4.69) is 10.2 Å². The summed E-state index contributed by atoms with van der Waals surface area (Å²) in [4.78, 5) is 10.1. The predicted molar refractivity (Wildman–Crippen MR) is 82.9 cm³/mol. The van der Waals surface area contributed by atoms with Crippen LogP contribution < -0.4 is 4.74 Å². The Morgan fingerprint density at radius 2 is 1.88 bits per heavy atom. The van der Waals surface area contributed by atoms with Crippen molar-refractivity contribution in [3.05, 3.63) is 63.5 Å². The van der Waals surface area contributed by atoms with E-state index in [0.29, 0.717) is 11.6 Å². The molecule has 0 spiro atoms. The summed E-state index contributed by atoms with van der Waals surface area (Å²) >= 11 is 5.60. The average molecular weight is 386 g/mol. The van der Waals surface area contributed by atoms with Crippen molar-refractivity contribution in [2.45, 2.75) is 6.18 Å². The number of hydrogen-bond acceptors (Lipinski definition) is 6. The van der Waals surface area contributed by atoms with Crippen molar-refractivity contribution < 1.29 is 27.2 Å². The van der Waals surface area contributed by atoms with Gasteiger partial charge in [0.2, 0.25) is 18.0 Å². The van der Waals surface area contributed by atoms with Crippen LogP contribution in [0.4, 0.5) is 18.9 Å². The molecular weight excluding hydrogens is 379 g/mol. The van der Waals surface area contributed by atoms with Crippen molar-refractivity contribution in [3.63, 3.8) is 0 Å². The first-order valence-corrected chi connectivity index (χ1v) is 7.23. The molecule has 0 aliphatic carbocycles. The molecule has 3 aromatic rings. The molecule has 0 saturated carbocycles. The van der Waals surface area contributed by atoms with Gasteiger partial charge in [-0.15, -0.1) is 10.2 Å². The van der Waals surface area contributed by atoms with Gasteiger partial charge < -0.3 is 9.15 Å². The Morgan fingerprint density at radius 3 is 2.42 bits per heavy atom. The minimum atomic E-state index is -4.83.